The number of amides is 1. The Hall–Kier alpha value is -1.87. The van der Waals surface area contributed by atoms with Crippen LogP contribution in [0.1, 0.15) is 36.2 Å². The van der Waals surface area contributed by atoms with Crippen molar-refractivity contribution in [1.82, 2.24) is 20.1 Å². The third-order valence-corrected chi connectivity index (χ3v) is 7.61. The molecule has 0 spiro atoms. The summed E-state index contributed by atoms with van der Waals surface area (Å²) in [6.07, 6.45) is 0.575. The summed E-state index contributed by atoms with van der Waals surface area (Å²) in [7, 11) is -1.16. The smallest absolute Gasteiger partial charge is 0.233 e. The van der Waals surface area contributed by atoms with E-state index in [2.05, 4.69) is 15.5 Å². The molecule has 1 amide bonds. The standard InChI is InChI=1S/C18H24N4O3S2/c1-12-4-6-14(7-5-12)10-19-17(23)13(2)26-18-21-20-16(22(18)3)15-8-9-27(24,25)11-15/h4-7,13,15H,8-11H2,1-3H3,(H,19,23)/t13-,15+/m0/s1. The third kappa shape index (κ3) is 4.90. The maximum absolute atomic E-state index is 12.4. The monoisotopic (exact) mass is 408 g/mol. The van der Waals surface area contributed by atoms with Gasteiger partial charge in [-0.1, -0.05) is 41.6 Å². The van der Waals surface area contributed by atoms with E-state index in [1.807, 2.05) is 45.2 Å². The quantitative estimate of drug-likeness (QED) is 0.733. The van der Waals surface area contributed by atoms with Gasteiger partial charge >= 0.3 is 0 Å². The van der Waals surface area contributed by atoms with Crippen molar-refractivity contribution >= 4 is 27.5 Å². The topological polar surface area (TPSA) is 94.0 Å². The number of carbonyl (C=O) groups excluding carboxylic acids is 1. The number of nitrogens with zero attached hydrogens (tertiary/aromatic N) is 3. The zero-order valence-corrected chi connectivity index (χ0v) is 17.3. The van der Waals surface area contributed by atoms with Crippen molar-refractivity contribution in [1.29, 1.82) is 0 Å². The van der Waals surface area contributed by atoms with Crippen molar-refractivity contribution in [3.63, 3.8) is 0 Å². The Bertz CT molecular complexity index is 923. The predicted octanol–water partition coefficient (Wildman–Crippen LogP) is 1.82. The highest BCUT2D eigenvalue weighted by Gasteiger charge is 2.33. The van der Waals surface area contributed by atoms with Crippen molar-refractivity contribution in [3.8, 4) is 0 Å². The van der Waals surface area contributed by atoms with Crippen molar-refractivity contribution in [3.05, 3.63) is 41.2 Å². The lowest BCUT2D eigenvalue weighted by molar-refractivity contribution is -0.120. The van der Waals surface area contributed by atoms with Crippen LogP contribution in [0.25, 0.3) is 0 Å². The van der Waals surface area contributed by atoms with Gasteiger partial charge < -0.3 is 9.88 Å². The second kappa shape index (κ2) is 8.02. The van der Waals surface area contributed by atoms with Crippen LogP contribution in [0.15, 0.2) is 29.4 Å². The molecule has 0 aliphatic carbocycles. The number of nitrogens with one attached hydrogen (secondary N) is 1. The van der Waals surface area contributed by atoms with Crippen LogP contribution >= 0.6 is 11.8 Å². The molecule has 2 heterocycles. The van der Waals surface area contributed by atoms with Crippen molar-refractivity contribution in [2.75, 3.05) is 11.5 Å². The van der Waals surface area contributed by atoms with Gasteiger partial charge in [0.05, 0.1) is 16.8 Å². The van der Waals surface area contributed by atoms with Crippen LogP contribution in [0, 0.1) is 6.92 Å². The van der Waals surface area contributed by atoms with E-state index in [1.54, 1.807) is 4.57 Å². The summed E-state index contributed by atoms with van der Waals surface area (Å²) in [5, 5.41) is 11.6. The summed E-state index contributed by atoms with van der Waals surface area (Å²) in [5.74, 6) is 0.799. The van der Waals surface area contributed by atoms with E-state index in [1.165, 1.54) is 17.3 Å². The van der Waals surface area contributed by atoms with Crippen molar-refractivity contribution in [2.24, 2.45) is 7.05 Å². The first-order valence-electron chi connectivity index (χ1n) is 8.85. The molecule has 3 rings (SSSR count). The number of benzene rings is 1. The van der Waals surface area contributed by atoms with Gasteiger partial charge in [0.25, 0.3) is 0 Å². The number of rotatable bonds is 6. The summed E-state index contributed by atoms with van der Waals surface area (Å²) >= 11 is 1.32. The second-order valence-electron chi connectivity index (χ2n) is 6.96. The molecule has 0 bridgehead atoms. The molecule has 1 N–H and O–H groups in total. The predicted molar refractivity (Wildman–Crippen MR) is 105 cm³/mol. The summed E-state index contributed by atoms with van der Waals surface area (Å²) in [5.41, 5.74) is 2.23. The minimum Gasteiger partial charge on any atom is -0.351 e. The first-order chi connectivity index (χ1) is 12.7. The molecule has 9 heteroatoms. The lowest BCUT2D eigenvalue weighted by Gasteiger charge is -2.12. The summed E-state index contributed by atoms with van der Waals surface area (Å²) in [4.78, 5) is 12.4. The fourth-order valence-corrected chi connectivity index (χ4v) is 5.62. The molecule has 2 atom stereocenters. The molecular weight excluding hydrogens is 384 g/mol. The van der Waals surface area contributed by atoms with Crippen LogP contribution in [0.3, 0.4) is 0 Å². The number of carbonyl (C=O) groups is 1. The molecule has 0 unspecified atom stereocenters. The molecule has 0 radical (unpaired) electrons. The Labute approximate surface area is 163 Å². The van der Waals surface area contributed by atoms with Gasteiger partial charge in [0.2, 0.25) is 5.91 Å². The molecule has 1 aromatic heterocycles. The molecule has 7 nitrogen and oxygen atoms in total. The minimum absolute atomic E-state index is 0.0754. The number of aryl methyl sites for hydroxylation is 1. The van der Waals surface area contributed by atoms with Gasteiger partial charge in [-0.15, -0.1) is 10.2 Å². The molecule has 146 valence electrons. The Balaban J connectivity index is 1.58. The average Bonchev–Trinajstić information content (AvgIpc) is 3.16. The van der Waals surface area contributed by atoms with Gasteiger partial charge in [0.15, 0.2) is 15.0 Å². The first-order valence-corrected chi connectivity index (χ1v) is 11.5. The number of hydrogen-bond donors (Lipinski definition) is 1. The summed E-state index contributed by atoms with van der Waals surface area (Å²) in [6.45, 7) is 4.33. The van der Waals surface area contributed by atoms with Crippen LogP contribution in [-0.2, 0) is 28.2 Å². The molecular formula is C18H24N4O3S2. The lowest BCUT2D eigenvalue weighted by atomic mass is 10.1. The molecule has 1 aliphatic rings. The van der Waals surface area contributed by atoms with Crippen LogP contribution in [0.4, 0.5) is 0 Å². The number of thioether (sulfide) groups is 1. The molecule has 0 saturated carbocycles. The molecule has 27 heavy (non-hydrogen) atoms. The number of sulfone groups is 1. The van der Waals surface area contributed by atoms with Crippen LogP contribution in [-0.4, -0.2) is 45.8 Å². The molecule has 1 aromatic carbocycles. The molecule has 1 aliphatic heterocycles. The van der Waals surface area contributed by atoms with Gasteiger partial charge in [-0.25, -0.2) is 8.42 Å². The Morgan fingerprint density at radius 3 is 2.67 bits per heavy atom. The highest BCUT2D eigenvalue weighted by molar-refractivity contribution is 8.00. The molecule has 1 fully saturated rings. The Kier molecular flexibility index (Phi) is 5.90. The van der Waals surface area contributed by atoms with E-state index < -0.39 is 9.84 Å². The zero-order valence-electron chi connectivity index (χ0n) is 15.7. The highest BCUT2D eigenvalue weighted by Crippen LogP contribution is 2.30. The van der Waals surface area contributed by atoms with Crippen LogP contribution < -0.4 is 5.32 Å². The summed E-state index contributed by atoms with van der Waals surface area (Å²) in [6, 6.07) is 8.03. The van der Waals surface area contributed by atoms with E-state index in [9.17, 15) is 13.2 Å². The highest BCUT2D eigenvalue weighted by atomic mass is 32.2. The van der Waals surface area contributed by atoms with Crippen LogP contribution in [0.5, 0.6) is 0 Å². The molecule has 1 saturated heterocycles. The van der Waals surface area contributed by atoms with E-state index in [4.69, 9.17) is 0 Å². The minimum atomic E-state index is -2.98. The molecule has 2 aromatic rings. The maximum Gasteiger partial charge on any atom is 0.233 e. The van der Waals surface area contributed by atoms with E-state index in [0.717, 1.165) is 5.56 Å². The average molecular weight is 409 g/mol. The summed E-state index contributed by atoms with van der Waals surface area (Å²) < 4.78 is 25.2. The largest absolute Gasteiger partial charge is 0.351 e. The van der Waals surface area contributed by atoms with Gasteiger partial charge in [-0.3, -0.25) is 4.79 Å². The maximum atomic E-state index is 12.4. The van der Waals surface area contributed by atoms with Crippen LogP contribution in [0.2, 0.25) is 0 Å². The van der Waals surface area contributed by atoms with Gasteiger partial charge in [-0.2, -0.15) is 0 Å². The lowest BCUT2D eigenvalue weighted by Crippen LogP contribution is -2.30. The van der Waals surface area contributed by atoms with Crippen molar-refractivity contribution in [2.45, 2.75) is 43.1 Å². The van der Waals surface area contributed by atoms with Gasteiger partial charge in [0, 0.05) is 19.5 Å². The Morgan fingerprint density at radius 2 is 2.04 bits per heavy atom. The van der Waals surface area contributed by atoms with Crippen molar-refractivity contribution < 1.29 is 13.2 Å². The van der Waals surface area contributed by atoms with Gasteiger partial charge in [0.1, 0.15) is 5.82 Å². The first kappa shape index (κ1) is 19.9. The normalized spacial score (nSPS) is 19.7. The zero-order chi connectivity index (χ0) is 19.6. The van der Waals surface area contributed by atoms with Gasteiger partial charge in [-0.05, 0) is 25.8 Å². The Morgan fingerprint density at radius 1 is 1.33 bits per heavy atom. The SMILES string of the molecule is Cc1ccc(CNC(=O)[C@H](C)Sc2nnc([C@@H]3CCS(=O)(=O)C3)n2C)cc1. The van der Waals surface area contributed by atoms with E-state index in [0.29, 0.717) is 23.9 Å². The number of aromatic nitrogens is 3. The number of hydrogen-bond acceptors (Lipinski definition) is 6. The second-order valence-corrected chi connectivity index (χ2v) is 10.5. The fraction of sp³-hybridized carbons (Fsp3) is 0.500. The fourth-order valence-electron chi connectivity index (χ4n) is 3.03. The van der Waals surface area contributed by atoms with E-state index >= 15 is 0 Å². The third-order valence-electron chi connectivity index (χ3n) is 4.70. The van der Waals surface area contributed by atoms with E-state index in [-0.39, 0.29) is 28.6 Å².